The standard InChI is InChI=1S/C15H11Cl2NO2S/c1-9-5-10(3-2-4-19)7-11(6-9)18-15(20)12-8-13(16)21-14(12)17/h5-8,19H,4H2,1H3,(H,18,20). The van der Waals surface area contributed by atoms with Crippen LogP contribution in [-0.2, 0) is 0 Å². The minimum Gasteiger partial charge on any atom is -0.384 e. The fraction of sp³-hybridized carbons (Fsp3) is 0.133. The number of thiophene rings is 1. The van der Waals surface area contributed by atoms with Gasteiger partial charge in [-0.25, -0.2) is 0 Å². The number of aryl methyl sites for hydroxylation is 1. The maximum Gasteiger partial charge on any atom is 0.258 e. The maximum absolute atomic E-state index is 12.2. The molecule has 0 radical (unpaired) electrons. The molecule has 1 aromatic heterocycles. The van der Waals surface area contributed by atoms with Gasteiger partial charge in [-0.2, -0.15) is 0 Å². The van der Waals surface area contributed by atoms with Crippen molar-refractivity contribution in [1.82, 2.24) is 0 Å². The summed E-state index contributed by atoms with van der Waals surface area (Å²) in [5.74, 6) is 5.06. The van der Waals surface area contributed by atoms with Crippen molar-refractivity contribution < 1.29 is 9.90 Å². The van der Waals surface area contributed by atoms with Crippen LogP contribution < -0.4 is 5.32 Å². The van der Waals surface area contributed by atoms with E-state index in [4.69, 9.17) is 28.3 Å². The van der Waals surface area contributed by atoms with E-state index in [1.165, 1.54) is 6.07 Å². The number of anilines is 1. The lowest BCUT2D eigenvalue weighted by molar-refractivity contribution is 0.102. The molecule has 1 aromatic carbocycles. The lowest BCUT2D eigenvalue weighted by atomic mass is 10.1. The number of aliphatic hydroxyl groups is 1. The molecule has 0 saturated heterocycles. The van der Waals surface area contributed by atoms with Crippen LogP contribution in [0.25, 0.3) is 0 Å². The van der Waals surface area contributed by atoms with Crippen molar-refractivity contribution in [3.8, 4) is 11.8 Å². The molecule has 2 N–H and O–H groups in total. The highest BCUT2D eigenvalue weighted by Crippen LogP contribution is 2.31. The first-order valence-corrected chi connectivity index (χ1v) is 7.54. The van der Waals surface area contributed by atoms with E-state index in [-0.39, 0.29) is 12.5 Å². The zero-order chi connectivity index (χ0) is 15.4. The van der Waals surface area contributed by atoms with Gasteiger partial charge in [0.1, 0.15) is 10.9 Å². The van der Waals surface area contributed by atoms with Gasteiger partial charge in [0.05, 0.1) is 9.90 Å². The van der Waals surface area contributed by atoms with E-state index in [0.717, 1.165) is 16.9 Å². The maximum atomic E-state index is 12.2. The van der Waals surface area contributed by atoms with Crippen molar-refractivity contribution in [1.29, 1.82) is 0 Å². The summed E-state index contributed by atoms with van der Waals surface area (Å²) in [5, 5.41) is 11.5. The summed E-state index contributed by atoms with van der Waals surface area (Å²) in [6.45, 7) is 1.69. The van der Waals surface area contributed by atoms with Crippen molar-refractivity contribution in [2.75, 3.05) is 11.9 Å². The highest BCUT2D eigenvalue weighted by molar-refractivity contribution is 7.20. The number of nitrogens with one attached hydrogen (secondary N) is 1. The third kappa shape index (κ3) is 4.23. The number of rotatable bonds is 2. The summed E-state index contributed by atoms with van der Waals surface area (Å²) in [5.41, 5.74) is 2.62. The summed E-state index contributed by atoms with van der Waals surface area (Å²) >= 11 is 12.9. The Bertz CT molecular complexity index is 744. The molecule has 0 spiro atoms. The van der Waals surface area contributed by atoms with Crippen LogP contribution in [0.4, 0.5) is 5.69 Å². The predicted molar refractivity (Wildman–Crippen MR) is 87.4 cm³/mol. The van der Waals surface area contributed by atoms with Crippen molar-refractivity contribution in [3.05, 3.63) is 49.6 Å². The fourth-order valence-corrected chi connectivity index (χ4v) is 3.22. The van der Waals surface area contributed by atoms with E-state index in [1.807, 2.05) is 19.1 Å². The molecule has 0 bridgehead atoms. The Labute approximate surface area is 136 Å². The van der Waals surface area contributed by atoms with Gasteiger partial charge in [-0.3, -0.25) is 4.79 Å². The molecular formula is C15H11Cl2NO2S. The van der Waals surface area contributed by atoms with Crippen molar-refractivity contribution in [2.45, 2.75) is 6.92 Å². The topological polar surface area (TPSA) is 49.3 Å². The molecule has 1 heterocycles. The van der Waals surface area contributed by atoms with Crippen LogP contribution in [-0.4, -0.2) is 17.6 Å². The highest BCUT2D eigenvalue weighted by Gasteiger charge is 2.14. The molecule has 0 atom stereocenters. The van der Waals surface area contributed by atoms with Gasteiger partial charge in [0.15, 0.2) is 0 Å². The summed E-state index contributed by atoms with van der Waals surface area (Å²) in [6.07, 6.45) is 0. The van der Waals surface area contributed by atoms with Gasteiger partial charge < -0.3 is 10.4 Å². The Hall–Kier alpha value is -1.51. The van der Waals surface area contributed by atoms with E-state index in [1.54, 1.807) is 6.07 Å². The molecule has 0 unspecified atom stereocenters. The number of aliphatic hydroxyl groups excluding tert-OH is 1. The molecule has 3 nitrogen and oxygen atoms in total. The minimum atomic E-state index is -0.324. The lowest BCUT2D eigenvalue weighted by Crippen LogP contribution is -2.11. The number of hydrogen-bond acceptors (Lipinski definition) is 3. The molecule has 108 valence electrons. The monoisotopic (exact) mass is 339 g/mol. The van der Waals surface area contributed by atoms with Gasteiger partial charge >= 0.3 is 0 Å². The molecule has 0 aliphatic carbocycles. The normalized spacial score (nSPS) is 9.90. The molecule has 2 rings (SSSR count). The van der Waals surface area contributed by atoms with Gasteiger partial charge in [0, 0.05) is 11.3 Å². The molecule has 0 fully saturated rings. The quantitative estimate of drug-likeness (QED) is 0.813. The van der Waals surface area contributed by atoms with Gasteiger partial charge in [0.2, 0.25) is 0 Å². The first-order chi connectivity index (χ1) is 9.99. The number of benzene rings is 1. The number of carbonyl (C=O) groups is 1. The predicted octanol–water partition coefficient (Wildman–Crippen LogP) is 3.96. The molecule has 2 aromatic rings. The molecule has 1 amide bonds. The Morgan fingerprint density at radius 2 is 2.10 bits per heavy atom. The number of halogens is 2. The van der Waals surface area contributed by atoms with E-state index in [0.29, 0.717) is 25.5 Å². The van der Waals surface area contributed by atoms with Crippen molar-refractivity contribution >= 4 is 46.1 Å². The molecule has 0 aliphatic heterocycles. The highest BCUT2D eigenvalue weighted by atomic mass is 35.5. The summed E-state index contributed by atoms with van der Waals surface area (Å²) in [6, 6.07) is 6.96. The summed E-state index contributed by atoms with van der Waals surface area (Å²) < 4.78 is 0.814. The van der Waals surface area contributed by atoms with Gasteiger partial charge in [-0.1, -0.05) is 35.0 Å². The van der Waals surface area contributed by atoms with Gasteiger partial charge in [-0.15, -0.1) is 11.3 Å². The SMILES string of the molecule is Cc1cc(C#CCO)cc(NC(=O)c2cc(Cl)sc2Cl)c1. The minimum absolute atomic E-state index is 0.210. The van der Waals surface area contributed by atoms with E-state index in [2.05, 4.69) is 17.2 Å². The third-order valence-electron chi connectivity index (χ3n) is 2.55. The average Bonchev–Trinajstić information content (AvgIpc) is 2.75. The lowest BCUT2D eigenvalue weighted by Gasteiger charge is -2.06. The van der Waals surface area contributed by atoms with Crippen molar-refractivity contribution in [3.63, 3.8) is 0 Å². The summed E-state index contributed by atoms with van der Waals surface area (Å²) in [4.78, 5) is 12.2. The number of amides is 1. The Morgan fingerprint density at radius 3 is 2.71 bits per heavy atom. The van der Waals surface area contributed by atoms with E-state index >= 15 is 0 Å². The fourth-order valence-electron chi connectivity index (χ4n) is 1.76. The molecule has 21 heavy (non-hydrogen) atoms. The zero-order valence-corrected chi connectivity index (χ0v) is 13.4. The Morgan fingerprint density at radius 1 is 1.33 bits per heavy atom. The molecule has 6 heteroatoms. The first-order valence-electron chi connectivity index (χ1n) is 5.97. The second-order valence-corrected chi connectivity index (χ2v) is 6.53. The van der Waals surface area contributed by atoms with Gasteiger partial charge in [0.25, 0.3) is 5.91 Å². The average molecular weight is 340 g/mol. The van der Waals surface area contributed by atoms with Crippen LogP contribution in [0.3, 0.4) is 0 Å². The Kier molecular flexibility index (Phi) is 5.27. The van der Waals surface area contributed by atoms with Crippen LogP contribution in [0, 0.1) is 18.8 Å². The largest absolute Gasteiger partial charge is 0.384 e. The number of hydrogen-bond donors (Lipinski definition) is 2. The number of carbonyl (C=O) groups excluding carboxylic acids is 1. The second kappa shape index (κ2) is 6.97. The van der Waals surface area contributed by atoms with Gasteiger partial charge in [-0.05, 0) is 36.8 Å². The van der Waals surface area contributed by atoms with E-state index < -0.39 is 0 Å². The van der Waals surface area contributed by atoms with Crippen molar-refractivity contribution in [2.24, 2.45) is 0 Å². The smallest absolute Gasteiger partial charge is 0.258 e. The molecule has 0 aliphatic rings. The van der Waals surface area contributed by atoms with Crippen LogP contribution in [0.15, 0.2) is 24.3 Å². The Balaban J connectivity index is 2.25. The van der Waals surface area contributed by atoms with Crippen LogP contribution in [0.5, 0.6) is 0 Å². The summed E-state index contributed by atoms with van der Waals surface area (Å²) in [7, 11) is 0. The molecular weight excluding hydrogens is 329 g/mol. The van der Waals surface area contributed by atoms with E-state index in [9.17, 15) is 4.79 Å². The third-order valence-corrected chi connectivity index (χ3v) is 4.04. The zero-order valence-electron chi connectivity index (χ0n) is 11.0. The second-order valence-electron chi connectivity index (χ2n) is 4.24. The van der Waals surface area contributed by atoms with Crippen LogP contribution in [0.2, 0.25) is 8.67 Å². The molecule has 0 saturated carbocycles. The first kappa shape index (κ1) is 15.9. The van der Waals surface area contributed by atoms with Crippen LogP contribution in [0.1, 0.15) is 21.5 Å². The van der Waals surface area contributed by atoms with Crippen LogP contribution >= 0.6 is 34.5 Å².